The third kappa shape index (κ3) is 6.25. The van der Waals surface area contributed by atoms with Gasteiger partial charge in [0.25, 0.3) is 0 Å². The van der Waals surface area contributed by atoms with Gasteiger partial charge in [0.1, 0.15) is 0 Å². The second kappa shape index (κ2) is 8.81. The van der Waals surface area contributed by atoms with Gasteiger partial charge in [-0.15, -0.1) is 11.3 Å². The number of nitrogens with zero attached hydrogens (tertiary/aromatic N) is 1. The highest BCUT2D eigenvalue weighted by Gasteiger charge is 2.12. The Bertz CT molecular complexity index is 451. The summed E-state index contributed by atoms with van der Waals surface area (Å²) in [6, 6.07) is 3.26. The molecule has 0 unspecified atom stereocenters. The van der Waals surface area contributed by atoms with Gasteiger partial charge in [0, 0.05) is 24.4 Å². The molecule has 1 rings (SSSR count). The van der Waals surface area contributed by atoms with Crippen molar-refractivity contribution < 1.29 is 9.59 Å². The van der Waals surface area contributed by atoms with Crippen LogP contribution in [0, 0.1) is 0 Å². The lowest BCUT2D eigenvalue weighted by Crippen LogP contribution is -2.31. The zero-order valence-corrected chi connectivity index (χ0v) is 13.1. The molecule has 7 heteroatoms. The highest BCUT2D eigenvalue weighted by molar-refractivity contribution is 7.16. The number of unbranched alkanes of at least 4 members (excludes halogenated alkanes) is 1. The summed E-state index contributed by atoms with van der Waals surface area (Å²) < 4.78 is 0.737. The first-order valence-corrected chi connectivity index (χ1v) is 7.77. The van der Waals surface area contributed by atoms with E-state index in [4.69, 9.17) is 17.3 Å². The van der Waals surface area contributed by atoms with Crippen molar-refractivity contribution in [3.05, 3.63) is 21.3 Å². The molecule has 0 aliphatic rings. The van der Waals surface area contributed by atoms with Gasteiger partial charge in [0.2, 0.25) is 5.91 Å². The highest BCUT2D eigenvalue weighted by atomic mass is 35.5. The van der Waals surface area contributed by atoms with Gasteiger partial charge in [0.05, 0.1) is 10.9 Å². The molecule has 0 radical (unpaired) electrons. The summed E-state index contributed by atoms with van der Waals surface area (Å²) in [7, 11) is 0. The maximum Gasteiger partial charge on any atom is 0.312 e. The molecule has 1 aromatic heterocycles. The average molecular weight is 318 g/mol. The van der Waals surface area contributed by atoms with Crippen molar-refractivity contribution in [1.29, 1.82) is 0 Å². The number of rotatable bonds is 8. The first kappa shape index (κ1) is 16.8. The quantitative estimate of drug-likeness (QED) is 0.723. The lowest BCUT2D eigenvalue weighted by Gasteiger charge is -2.20. The standard InChI is InChI=1S/C13H20ClN3O2S/c1-2-17(9-10-6-7-11(14)20-10)12(18)5-3-4-8-16-13(15)19/h6-7H,2-5,8-9H2,1H3,(H3,15,16,19). The van der Waals surface area contributed by atoms with Crippen LogP contribution in [0.3, 0.4) is 0 Å². The van der Waals surface area contributed by atoms with Crippen molar-refractivity contribution in [3.8, 4) is 0 Å². The van der Waals surface area contributed by atoms with Crippen molar-refractivity contribution in [2.75, 3.05) is 13.1 Å². The van der Waals surface area contributed by atoms with E-state index < -0.39 is 6.03 Å². The topological polar surface area (TPSA) is 75.4 Å². The summed E-state index contributed by atoms with van der Waals surface area (Å²) >= 11 is 7.38. The molecule has 20 heavy (non-hydrogen) atoms. The molecule has 0 atom stereocenters. The van der Waals surface area contributed by atoms with Crippen LogP contribution < -0.4 is 11.1 Å². The Hall–Kier alpha value is -1.27. The molecule has 112 valence electrons. The number of hydrogen-bond donors (Lipinski definition) is 2. The second-order valence-electron chi connectivity index (χ2n) is 4.36. The van der Waals surface area contributed by atoms with Gasteiger partial charge < -0.3 is 16.0 Å². The molecule has 0 aliphatic heterocycles. The van der Waals surface area contributed by atoms with E-state index in [0.29, 0.717) is 26.1 Å². The zero-order chi connectivity index (χ0) is 15.0. The minimum atomic E-state index is -0.527. The van der Waals surface area contributed by atoms with Gasteiger partial charge in [-0.1, -0.05) is 11.6 Å². The molecule has 0 spiro atoms. The molecular formula is C13H20ClN3O2S. The maximum absolute atomic E-state index is 12.1. The van der Waals surface area contributed by atoms with Crippen LogP contribution in [0.15, 0.2) is 12.1 Å². The Labute approximate surface area is 128 Å². The Morgan fingerprint density at radius 1 is 1.40 bits per heavy atom. The molecule has 0 aliphatic carbocycles. The number of primary amides is 1. The molecule has 0 aromatic carbocycles. The van der Waals surface area contributed by atoms with Gasteiger partial charge in [-0.05, 0) is 31.9 Å². The van der Waals surface area contributed by atoms with E-state index in [1.54, 1.807) is 0 Å². The van der Waals surface area contributed by atoms with Gasteiger partial charge in [0.15, 0.2) is 0 Å². The zero-order valence-electron chi connectivity index (χ0n) is 11.5. The third-order valence-corrected chi connectivity index (χ3v) is 4.04. The van der Waals surface area contributed by atoms with Crippen LogP contribution in [0.1, 0.15) is 31.1 Å². The van der Waals surface area contributed by atoms with E-state index in [9.17, 15) is 9.59 Å². The number of hydrogen-bond acceptors (Lipinski definition) is 3. The number of carbonyl (C=O) groups excluding carboxylic acids is 2. The molecule has 0 saturated heterocycles. The van der Waals surface area contributed by atoms with Gasteiger partial charge in [-0.3, -0.25) is 4.79 Å². The van der Waals surface area contributed by atoms with Crippen LogP contribution in [0.2, 0.25) is 4.34 Å². The summed E-state index contributed by atoms with van der Waals surface area (Å²) in [4.78, 5) is 25.4. The predicted octanol–water partition coefficient (Wildman–Crippen LogP) is 2.59. The van der Waals surface area contributed by atoms with Crippen LogP contribution in [0.5, 0.6) is 0 Å². The summed E-state index contributed by atoms with van der Waals surface area (Å²) in [5, 5.41) is 2.51. The van der Waals surface area contributed by atoms with E-state index in [1.807, 2.05) is 24.0 Å². The number of thiophene rings is 1. The van der Waals surface area contributed by atoms with Gasteiger partial charge in [-0.2, -0.15) is 0 Å². The first-order chi connectivity index (χ1) is 9.52. The molecule has 1 heterocycles. The van der Waals surface area contributed by atoms with Crippen molar-refractivity contribution in [2.45, 2.75) is 32.7 Å². The Kier molecular flexibility index (Phi) is 7.40. The summed E-state index contributed by atoms with van der Waals surface area (Å²) in [5.41, 5.74) is 4.96. The van der Waals surface area contributed by atoms with Crippen molar-refractivity contribution >= 4 is 34.9 Å². The minimum Gasteiger partial charge on any atom is -0.352 e. The smallest absolute Gasteiger partial charge is 0.312 e. The van der Waals surface area contributed by atoms with E-state index >= 15 is 0 Å². The highest BCUT2D eigenvalue weighted by Crippen LogP contribution is 2.22. The van der Waals surface area contributed by atoms with Gasteiger partial charge in [-0.25, -0.2) is 4.79 Å². The maximum atomic E-state index is 12.1. The molecule has 0 saturated carbocycles. The molecule has 1 aromatic rings. The van der Waals surface area contributed by atoms with Crippen LogP contribution in [0.25, 0.3) is 0 Å². The summed E-state index contributed by atoms with van der Waals surface area (Å²) in [6.07, 6.45) is 1.96. The van der Waals surface area contributed by atoms with Crippen LogP contribution in [0.4, 0.5) is 4.79 Å². The number of nitrogens with one attached hydrogen (secondary N) is 1. The fourth-order valence-electron chi connectivity index (χ4n) is 1.77. The molecule has 0 fully saturated rings. The van der Waals surface area contributed by atoms with Gasteiger partial charge >= 0.3 is 6.03 Å². The normalized spacial score (nSPS) is 10.3. The number of halogens is 1. The van der Waals surface area contributed by atoms with E-state index in [0.717, 1.165) is 22.1 Å². The monoisotopic (exact) mass is 317 g/mol. The number of carbonyl (C=O) groups is 2. The van der Waals surface area contributed by atoms with E-state index in [1.165, 1.54) is 11.3 Å². The minimum absolute atomic E-state index is 0.121. The molecule has 0 bridgehead atoms. The molecule has 3 amide bonds. The predicted molar refractivity (Wildman–Crippen MR) is 81.9 cm³/mol. The summed E-state index contributed by atoms with van der Waals surface area (Å²) in [6.45, 7) is 3.75. The van der Waals surface area contributed by atoms with E-state index in [2.05, 4.69) is 5.32 Å². The lowest BCUT2D eigenvalue weighted by atomic mass is 10.2. The second-order valence-corrected chi connectivity index (χ2v) is 6.16. The van der Waals surface area contributed by atoms with E-state index in [-0.39, 0.29) is 5.91 Å². The summed E-state index contributed by atoms with van der Waals surface area (Å²) in [5.74, 6) is 0.121. The number of nitrogens with two attached hydrogens (primary N) is 1. The Morgan fingerprint density at radius 3 is 2.70 bits per heavy atom. The molecule has 5 nitrogen and oxygen atoms in total. The van der Waals surface area contributed by atoms with Crippen LogP contribution in [-0.2, 0) is 11.3 Å². The first-order valence-electron chi connectivity index (χ1n) is 6.58. The van der Waals surface area contributed by atoms with Crippen molar-refractivity contribution in [2.24, 2.45) is 5.73 Å². The Balaban J connectivity index is 2.30. The third-order valence-electron chi connectivity index (χ3n) is 2.83. The largest absolute Gasteiger partial charge is 0.352 e. The van der Waals surface area contributed by atoms with Crippen LogP contribution in [-0.4, -0.2) is 29.9 Å². The Morgan fingerprint density at radius 2 is 2.15 bits per heavy atom. The van der Waals surface area contributed by atoms with Crippen molar-refractivity contribution in [1.82, 2.24) is 10.2 Å². The van der Waals surface area contributed by atoms with Crippen molar-refractivity contribution in [3.63, 3.8) is 0 Å². The number of amides is 3. The lowest BCUT2D eigenvalue weighted by molar-refractivity contribution is -0.131. The average Bonchev–Trinajstić information content (AvgIpc) is 2.80. The molecule has 3 N–H and O–H groups in total. The fourth-order valence-corrected chi connectivity index (χ4v) is 2.88. The molecular weight excluding hydrogens is 298 g/mol. The number of urea groups is 1. The fraction of sp³-hybridized carbons (Fsp3) is 0.538. The SMILES string of the molecule is CCN(Cc1ccc(Cl)s1)C(=O)CCCCNC(N)=O. The van der Waals surface area contributed by atoms with Crippen LogP contribution >= 0.6 is 22.9 Å².